The first-order valence-electron chi connectivity index (χ1n) is 5.64. The SMILES string of the molecule is C=C(C)c1nccc2cc(C(C)C)ccc12. The molecule has 1 nitrogen and oxygen atoms in total. The van der Waals surface area contributed by atoms with E-state index < -0.39 is 0 Å². The second-order valence-corrected chi connectivity index (χ2v) is 4.58. The van der Waals surface area contributed by atoms with E-state index in [9.17, 15) is 0 Å². The highest BCUT2D eigenvalue weighted by atomic mass is 14.7. The van der Waals surface area contributed by atoms with Crippen molar-refractivity contribution in [2.45, 2.75) is 26.7 Å². The van der Waals surface area contributed by atoms with Crippen LogP contribution in [0.4, 0.5) is 0 Å². The van der Waals surface area contributed by atoms with E-state index in [0.717, 1.165) is 11.3 Å². The first-order chi connectivity index (χ1) is 7.59. The van der Waals surface area contributed by atoms with Crippen molar-refractivity contribution in [3.63, 3.8) is 0 Å². The summed E-state index contributed by atoms with van der Waals surface area (Å²) in [5.41, 5.74) is 3.39. The number of nitrogens with zero attached hydrogens (tertiary/aromatic N) is 1. The van der Waals surface area contributed by atoms with Gasteiger partial charge in [-0.15, -0.1) is 0 Å². The normalized spacial score (nSPS) is 11.0. The average Bonchev–Trinajstić information content (AvgIpc) is 2.27. The first kappa shape index (κ1) is 10.9. The molecular weight excluding hydrogens is 194 g/mol. The van der Waals surface area contributed by atoms with E-state index in [1.807, 2.05) is 13.1 Å². The Kier molecular flexibility index (Phi) is 2.78. The third kappa shape index (κ3) is 1.85. The Bertz CT molecular complexity index is 538. The maximum absolute atomic E-state index is 4.38. The molecule has 0 aliphatic heterocycles. The standard InChI is InChI=1S/C15H17N/c1-10(2)12-5-6-14-13(9-12)7-8-16-15(14)11(3)4/h5-10H,3H2,1-2,4H3. The van der Waals surface area contributed by atoms with Crippen LogP contribution in [-0.2, 0) is 0 Å². The van der Waals surface area contributed by atoms with Gasteiger partial charge in [0.1, 0.15) is 0 Å². The van der Waals surface area contributed by atoms with Crippen LogP contribution in [0.5, 0.6) is 0 Å². The Hall–Kier alpha value is -1.63. The zero-order valence-corrected chi connectivity index (χ0v) is 10.1. The van der Waals surface area contributed by atoms with Crippen LogP contribution in [0.15, 0.2) is 37.0 Å². The number of hydrogen-bond donors (Lipinski definition) is 0. The number of rotatable bonds is 2. The molecular formula is C15H17N. The van der Waals surface area contributed by atoms with Crippen molar-refractivity contribution in [3.8, 4) is 0 Å². The molecule has 2 rings (SSSR count). The van der Waals surface area contributed by atoms with Crippen molar-refractivity contribution < 1.29 is 0 Å². The molecule has 82 valence electrons. The zero-order valence-electron chi connectivity index (χ0n) is 10.1. The van der Waals surface area contributed by atoms with Crippen molar-refractivity contribution in [2.24, 2.45) is 0 Å². The summed E-state index contributed by atoms with van der Waals surface area (Å²) in [5, 5.41) is 2.44. The van der Waals surface area contributed by atoms with Crippen molar-refractivity contribution in [2.75, 3.05) is 0 Å². The minimum absolute atomic E-state index is 0.561. The summed E-state index contributed by atoms with van der Waals surface area (Å²) in [6.45, 7) is 10.4. The Morgan fingerprint density at radius 1 is 1.25 bits per heavy atom. The van der Waals surface area contributed by atoms with Gasteiger partial charge in [-0.3, -0.25) is 4.98 Å². The lowest BCUT2D eigenvalue weighted by molar-refractivity contribution is 0.868. The lowest BCUT2D eigenvalue weighted by Gasteiger charge is -2.09. The molecule has 0 amide bonds. The summed E-state index contributed by atoms with van der Waals surface area (Å²) in [4.78, 5) is 4.38. The van der Waals surface area contributed by atoms with E-state index in [0.29, 0.717) is 5.92 Å². The maximum Gasteiger partial charge on any atom is 0.0731 e. The number of fused-ring (bicyclic) bond motifs is 1. The Morgan fingerprint density at radius 2 is 2.00 bits per heavy atom. The van der Waals surface area contributed by atoms with Gasteiger partial charge in [-0.25, -0.2) is 0 Å². The molecule has 1 aromatic heterocycles. The third-order valence-electron chi connectivity index (χ3n) is 2.86. The Balaban J connectivity index is 2.69. The van der Waals surface area contributed by atoms with E-state index in [2.05, 4.69) is 49.7 Å². The molecule has 0 radical (unpaired) electrons. The molecule has 0 saturated carbocycles. The van der Waals surface area contributed by atoms with Gasteiger partial charge in [0.15, 0.2) is 0 Å². The van der Waals surface area contributed by atoms with E-state index >= 15 is 0 Å². The smallest absolute Gasteiger partial charge is 0.0731 e. The van der Waals surface area contributed by atoms with Gasteiger partial charge in [-0.05, 0) is 35.4 Å². The number of allylic oxidation sites excluding steroid dienone is 1. The van der Waals surface area contributed by atoms with E-state index in [1.165, 1.54) is 16.3 Å². The highest BCUT2D eigenvalue weighted by molar-refractivity contribution is 5.91. The minimum atomic E-state index is 0.561. The molecule has 16 heavy (non-hydrogen) atoms. The van der Waals surface area contributed by atoms with Gasteiger partial charge in [-0.2, -0.15) is 0 Å². The molecule has 0 saturated heterocycles. The molecule has 0 aliphatic carbocycles. The summed E-state index contributed by atoms with van der Waals surface area (Å²) < 4.78 is 0. The summed E-state index contributed by atoms with van der Waals surface area (Å²) in [6.07, 6.45) is 1.86. The van der Waals surface area contributed by atoms with Crippen LogP contribution in [0.25, 0.3) is 16.3 Å². The van der Waals surface area contributed by atoms with Gasteiger partial charge in [-0.1, -0.05) is 38.6 Å². The molecule has 1 heterocycles. The van der Waals surface area contributed by atoms with Gasteiger partial charge >= 0.3 is 0 Å². The second kappa shape index (κ2) is 4.09. The van der Waals surface area contributed by atoms with Crippen molar-refractivity contribution in [1.82, 2.24) is 4.98 Å². The van der Waals surface area contributed by atoms with Gasteiger partial charge in [0, 0.05) is 11.6 Å². The van der Waals surface area contributed by atoms with Crippen LogP contribution in [0.2, 0.25) is 0 Å². The molecule has 0 bridgehead atoms. The summed E-state index contributed by atoms with van der Waals surface area (Å²) >= 11 is 0. The van der Waals surface area contributed by atoms with Crippen LogP contribution < -0.4 is 0 Å². The van der Waals surface area contributed by atoms with Crippen molar-refractivity contribution in [3.05, 3.63) is 48.3 Å². The van der Waals surface area contributed by atoms with Crippen molar-refractivity contribution >= 4 is 16.3 Å². The van der Waals surface area contributed by atoms with Crippen LogP contribution >= 0.6 is 0 Å². The van der Waals surface area contributed by atoms with E-state index in [1.54, 1.807) is 0 Å². The molecule has 0 fully saturated rings. The number of pyridine rings is 1. The number of benzene rings is 1. The molecule has 0 atom stereocenters. The van der Waals surface area contributed by atoms with Gasteiger partial charge < -0.3 is 0 Å². The third-order valence-corrected chi connectivity index (χ3v) is 2.86. The molecule has 0 aliphatic rings. The topological polar surface area (TPSA) is 12.9 Å². The van der Waals surface area contributed by atoms with E-state index in [-0.39, 0.29) is 0 Å². The molecule has 0 N–H and O–H groups in total. The predicted octanol–water partition coefficient (Wildman–Crippen LogP) is 4.39. The van der Waals surface area contributed by atoms with Crippen LogP contribution in [-0.4, -0.2) is 4.98 Å². The highest BCUT2D eigenvalue weighted by Gasteiger charge is 2.05. The lowest BCUT2D eigenvalue weighted by atomic mass is 9.98. The average molecular weight is 211 g/mol. The predicted molar refractivity (Wildman–Crippen MR) is 70.5 cm³/mol. The summed E-state index contributed by atoms with van der Waals surface area (Å²) in [5.74, 6) is 0.561. The summed E-state index contributed by atoms with van der Waals surface area (Å²) in [6, 6.07) is 8.64. The van der Waals surface area contributed by atoms with Crippen LogP contribution in [0, 0.1) is 0 Å². The quantitative estimate of drug-likeness (QED) is 0.717. The first-order valence-corrected chi connectivity index (χ1v) is 5.64. The van der Waals surface area contributed by atoms with Gasteiger partial charge in [0.25, 0.3) is 0 Å². The van der Waals surface area contributed by atoms with Crippen molar-refractivity contribution in [1.29, 1.82) is 0 Å². The Morgan fingerprint density at radius 3 is 2.62 bits per heavy atom. The Labute approximate surface area is 96.8 Å². The number of aromatic nitrogens is 1. The lowest BCUT2D eigenvalue weighted by Crippen LogP contribution is -1.91. The minimum Gasteiger partial charge on any atom is -0.256 e. The highest BCUT2D eigenvalue weighted by Crippen LogP contribution is 2.25. The van der Waals surface area contributed by atoms with Crippen LogP contribution in [0.1, 0.15) is 37.9 Å². The number of hydrogen-bond acceptors (Lipinski definition) is 1. The van der Waals surface area contributed by atoms with Gasteiger partial charge in [0.2, 0.25) is 0 Å². The molecule has 1 aromatic carbocycles. The second-order valence-electron chi connectivity index (χ2n) is 4.58. The largest absolute Gasteiger partial charge is 0.256 e. The van der Waals surface area contributed by atoms with Gasteiger partial charge in [0.05, 0.1) is 5.69 Å². The molecule has 1 heteroatoms. The molecule has 0 spiro atoms. The fourth-order valence-electron chi connectivity index (χ4n) is 1.90. The van der Waals surface area contributed by atoms with E-state index in [4.69, 9.17) is 0 Å². The summed E-state index contributed by atoms with van der Waals surface area (Å²) in [7, 11) is 0. The zero-order chi connectivity index (χ0) is 11.7. The van der Waals surface area contributed by atoms with Crippen LogP contribution in [0.3, 0.4) is 0 Å². The molecule has 2 aromatic rings. The fourth-order valence-corrected chi connectivity index (χ4v) is 1.90. The molecule has 0 unspecified atom stereocenters. The fraction of sp³-hybridized carbons (Fsp3) is 0.267. The maximum atomic E-state index is 4.38. The monoisotopic (exact) mass is 211 g/mol.